The van der Waals surface area contributed by atoms with Crippen molar-refractivity contribution in [3.8, 4) is 0 Å². The van der Waals surface area contributed by atoms with Crippen LogP contribution >= 0.6 is 0 Å². The van der Waals surface area contributed by atoms with E-state index in [1.807, 2.05) is 0 Å². The van der Waals surface area contributed by atoms with Gasteiger partial charge < -0.3 is 10.4 Å². The van der Waals surface area contributed by atoms with Gasteiger partial charge in [-0.1, -0.05) is 12.8 Å². The number of hydrogen-bond donors (Lipinski definition) is 2. The molecule has 2 unspecified atom stereocenters. The number of rotatable bonds is 5. The zero-order valence-electron chi connectivity index (χ0n) is 8.74. The summed E-state index contributed by atoms with van der Waals surface area (Å²) in [5.74, 6) is -0.799. The third-order valence-corrected chi connectivity index (χ3v) is 3.48. The van der Waals surface area contributed by atoms with Gasteiger partial charge in [0.05, 0.1) is 11.8 Å². The third kappa shape index (κ3) is 2.49. The Bertz CT molecular complexity index is 273. The molecule has 2 fully saturated rings. The Kier molecular flexibility index (Phi) is 2.93. The van der Waals surface area contributed by atoms with Crippen molar-refractivity contribution in [3.63, 3.8) is 0 Å². The summed E-state index contributed by atoms with van der Waals surface area (Å²) < 4.78 is 0. The average molecular weight is 211 g/mol. The van der Waals surface area contributed by atoms with Gasteiger partial charge in [0.1, 0.15) is 0 Å². The molecule has 2 atom stereocenters. The van der Waals surface area contributed by atoms with Crippen LogP contribution in [0.5, 0.6) is 0 Å². The fraction of sp³-hybridized carbons (Fsp3) is 0.818. The normalized spacial score (nSPS) is 29.3. The molecular formula is C11H17NO3. The van der Waals surface area contributed by atoms with Crippen molar-refractivity contribution in [1.29, 1.82) is 0 Å². The predicted molar refractivity (Wildman–Crippen MR) is 54.2 cm³/mol. The summed E-state index contributed by atoms with van der Waals surface area (Å²) in [6.45, 7) is 0.715. The molecule has 2 aliphatic rings. The zero-order valence-corrected chi connectivity index (χ0v) is 8.74. The molecule has 0 aliphatic heterocycles. The van der Waals surface area contributed by atoms with E-state index in [-0.39, 0.29) is 11.8 Å². The Hall–Kier alpha value is -1.06. The third-order valence-electron chi connectivity index (χ3n) is 3.48. The fourth-order valence-corrected chi connectivity index (χ4v) is 2.05. The first-order valence-electron chi connectivity index (χ1n) is 5.69. The number of hydrogen-bond acceptors (Lipinski definition) is 2. The van der Waals surface area contributed by atoms with Crippen LogP contribution in [-0.4, -0.2) is 23.5 Å². The lowest BCUT2D eigenvalue weighted by Gasteiger charge is -2.31. The predicted octanol–water partition coefficient (Wildman–Crippen LogP) is 1.01. The maximum atomic E-state index is 11.6. The van der Waals surface area contributed by atoms with Gasteiger partial charge in [-0.2, -0.15) is 0 Å². The average Bonchev–Trinajstić information content (AvgIpc) is 2.84. The molecule has 0 spiro atoms. The lowest BCUT2D eigenvalue weighted by atomic mass is 9.73. The Morgan fingerprint density at radius 3 is 2.27 bits per heavy atom. The first-order valence-corrected chi connectivity index (χ1v) is 5.69. The molecule has 4 heteroatoms. The summed E-state index contributed by atoms with van der Waals surface area (Å²) in [7, 11) is 0. The van der Waals surface area contributed by atoms with Gasteiger partial charge in [0, 0.05) is 6.54 Å². The van der Waals surface area contributed by atoms with Crippen LogP contribution in [0.4, 0.5) is 0 Å². The van der Waals surface area contributed by atoms with E-state index in [1.165, 1.54) is 12.8 Å². The first kappa shape index (κ1) is 10.5. The number of carbonyl (C=O) groups is 2. The lowest BCUT2D eigenvalue weighted by molar-refractivity contribution is -0.152. The van der Waals surface area contributed by atoms with Crippen molar-refractivity contribution in [3.05, 3.63) is 0 Å². The highest BCUT2D eigenvalue weighted by Crippen LogP contribution is 2.35. The van der Waals surface area contributed by atoms with Crippen molar-refractivity contribution < 1.29 is 14.7 Å². The van der Waals surface area contributed by atoms with Crippen LogP contribution in [0.25, 0.3) is 0 Å². The fourth-order valence-electron chi connectivity index (χ4n) is 2.05. The molecule has 2 saturated carbocycles. The van der Waals surface area contributed by atoms with Gasteiger partial charge in [-0.05, 0) is 25.2 Å². The SMILES string of the molecule is O=C(O)C1CCC1C(=O)NCCC1CC1. The maximum absolute atomic E-state index is 11.6. The molecular weight excluding hydrogens is 194 g/mol. The number of carboxylic acids is 1. The Labute approximate surface area is 89.0 Å². The number of carboxylic acid groups (broad SMARTS) is 1. The van der Waals surface area contributed by atoms with Crippen molar-refractivity contribution in [1.82, 2.24) is 5.32 Å². The van der Waals surface area contributed by atoms with Crippen LogP contribution in [0.2, 0.25) is 0 Å². The number of amides is 1. The molecule has 0 bridgehead atoms. The maximum Gasteiger partial charge on any atom is 0.307 e. The van der Waals surface area contributed by atoms with E-state index >= 15 is 0 Å². The largest absolute Gasteiger partial charge is 0.481 e. The number of nitrogens with one attached hydrogen (secondary N) is 1. The minimum Gasteiger partial charge on any atom is -0.481 e. The van der Waals surface area contributed by atoms with Crippen molar-refractivity contribution in [2.45, 2.75) is 32.1 Å². The van der Waals surface area contributed by atoms with Gasteiger partial charge in [0.2, 0.25) is 5.91 Å². The molecule has 0 saturated heterocycles. The summed E-state index contributed by atoms with van der Waals surface area (Å²) in [5, 5.41) is 11.6. The quantitative estimate of drug-likeness (QED) is 0.713. The second-order valence-corrected chi connectivity index (χ2v) is 4.65. The minimum atomic E-state index is -0.830. The van der Waals surface area contributed by atoms with Gasteiger partial charge in [-0.3, -0.25) is 9.59 Å². The summed E-state index contributed by atoms with van der Waals surface area (Å²) in [6.07, 6.45) is 5.01. The van der Waals surface area contributed by atoms with E-state index in [9.17, 15) is 9.59 Å². The van der Waals surface area contributed by atoms with Crippen molar-refractivity contribution in [2.75, 3.05) is 6.54 Å². The molecule has 0 aromatic carbocycles. The van der Waals surface area contributed by atoms with Gasteiger partial charge in [-0.15, -0.1) is 0 Å². The van der Waals surface area contributed by atoms with Crippen LogP contribution < -0.4 is 5.32 Å². The smallest absolute Gasteiger partial charge is 0.307 e. The van der Waals surface area contributed by atoms with Crippen LogP contribution in [-0.2, 0) is 9.59 Å². The molecule has 0 radical (unpaired) electrons. The molecule has 2 N–H and O–H groups in total. The van der Waals surface area contributed by atoms with Crippen LogP contribution in [0, 0.1) is 17.8 Å². The van der Waals surface area contributed by atoms with E-state index in [0.29, 0.717) is 13.0 Å². The molecule has 4 nitrogen and oxygen atoms in total. The molecule has 2 aliphatic carbocycles. The monoisotopic (exact) mass is 211 g/mol. The zero-order chi connectivity index (χ0) is 10.8. The Morgan fingerprint density at radius 2 is 1.80 bits per heavy atom. The van der Waals surface area contributed by atoms with E-state index in [1.54, 1.807) is 0 Å². The molecule has 0 heterocycles. The van der Waals surface area contributed by atoms with Crippen molar-refractivity contribution >= 4 is 11.9 Å². The molecule has 2 rings (SSSR count). The van der Waals surface area contributed by atoms with E-state index in [2.05, 4.69) is 5.32 Å². The lowest BCUT2D eigenvalue weighted by Crippen LogP contribution is -2.44. The summed E-state index contributed by atoms with van der Waals surface area (Å²) in [6, 6.07) is 0. The van der Waals surface area contributed by atoms with Crippen LogP contribution in [0.1, 0.15) is 32.1 Å². The van der Waals surface area contributed by atoms with Crippen LogP contribution in [0.15, 0.2) is 0 Å². The molecule has 1 amide bonds. The van der Waals surface area contributed by atoms with Gasteiger partial charge in [0.15, 0.2) is 0 Å². The highest BCUT2D eigenvalue weighted by Gasteiger charge is 2.41. The summed E-state index contributed by atoms with van der Waals surface area (Å²) in [5.41, 5.74) is 0. The standard InChI is InChI=1S/C11H17NO3/c13-10(12-6-5-7-1-2-7)8-3-4-9(8)11(14)15/h7-9H,1-6H2,(H,12,13)(H,14,15). The molecule has 15 heavy (non-hydrogen) atoms. The second-order valence-electron chi connectivity index (χ2n) is 4.65. The second kappa shape index (κ2) is 4.21. The first-order chi connectivity index (χ1) is 7.18. The Morgan fingerprint density at radius 1 is 1.13 bits per heavy atom. The summed E-state index contributed by atoms with van der Waals surface area (Å²) in [4.78, 5) is 22.3. The minimum absolute atomic E-state index is 0.0608. The molecule has 0 aromatic rings. The Balaban J connectivity index is 1.68. The van der Waals surface area contributed by atoms with E-state index < -0.39 is 11.9 Å². The van der Waals surface area contributed by atoms with Gasteiger partial charge in [-0.25, -0.2) is 0 Å². The van der Waals surface area contributed by atoms with E-state index in [0.717, 1.165) is 18.8 Å². The molecule has 0 aromatic heterocycles. The number of carbonyl (C=O) groups excluding carboxylic acids is 1. The van der Waals surface area contributed by atoms with E-state index in [4.69, 9.17) is 5.11 Å². The topological polar surface area (TPSA) is 66.4 Å². The van der Waals surface area contributed by atoms with Crippen molar-refractivity contribution in [2.24, 2.45) is 17.8 Å². The van der Waals surface area contributed by atoms with Crippen LogP contribution in [0.3, 0.4) is 0 Å². The highest BCUT2D eigenvalue weighted by molar-refractivity contribution is 5.86. The van der Waals surface area contributed by atoms with Gasteiger partial charge in [0.25, 0.3) is 0 Å². The number of aliphatic carboxylic acids is 1. The van der Waals surface area contributed by atoms with Gasteiger partial charge >= 0.3 is 5.97 Å². The summed E-state index contributed by atoms with van der Waals surface area (Å²) >= 11 is 0. The molecule has 84 valence electrons. The highest BCUT2D eigenvalue weighted by atomic mass is 16.4.